The third kappa shape index (κ3) is 5.06. The van der Waals surface area contributed by atoms with Gasteiger partial charge in [-0.2, -0.15) is 0 Å². The summed E-state index contributed by atoms with van der Waals surface area (Å²) in [6, 6.07) is 7.51. The van der Waals surface area contributed by atoms with E-state index in [1.165, 1.54) is 19.3 Å². The van der Waals surface area contributed by atoms with Crippen LogP contribution in [0.25, 0.3) is 0 Å². The molecule has 23 heavy (non-hydrogen) atoms. The van der Waals surface area contributed by atoms with Gasteiger partial charge in [-0.3, -0.25) is 9.59 Å². The van der Waals surface area contributed by atoms with Crippen molar-refractivity contribution in [2.45, 2.75) is 44.6 Å². The minimum atomic E-state index is -0.0299. The molecule has 0 bridgehead atoms. The Balaban J connectivity index is 1.92. The summed E-state index contributed by atoms with van der Waals surface area (Å²) in [6.07, 6.45) is 6.32. The van der Waals surface area contributed by atoms with Crippen molar-refractivity contribution in [1.29, 1.82) is 0 Å². The van der Waals surface area contributed by atoms with Crippen molar-refractivity contribution in [3.05, 3.63) is 29.8 Å². The van der Waals surface area contributed by atoms with Gasteiger partial charge in [0.1, 0.15) is 0 Å². The van der Waals surface area contributed by atoms with E-state index in [-0.39, 0.29) is 11.8 Å². The van der Waals surface area contributed by atoms with E-state index in [1.54, 1.807) is 24.3 Å². The fourth-order valence-electron chi connectivity index (χ4n) is 3.00. The summed E-state index contributed by atoms with van der Waals surface area (Å²) in [4.78, 5) is 26.1. The number of hydrogen-bond acceptors (Lipinski definition) is 3. The molecule has 0 saturated heterocycles. The van der Waals surface area contributed by atoms with Gasteiger partial charge in [-0.25, -0.2) is 0 Å². The minimum Gasteiger partial charge on any atom is -0.339 e. The van der Waals surface area contributed by atoms with Crippen LogP contribution in [-0.2, 0) is 4.79 Å². The van der Waals surface area contributed by atoms with Crippen LogP contribution in [0.3, 0.4) is 0 Å². The Morgan fingerprint density at radius 3 is 2.39 bits per heavy atom. The lowest BCUT2D eigenvalue weighted by atomic mass is 9.94. The standard InChI is InChI=1S/C18H27N3O2/c1-19-13-12-17(22)20-15-10-8-14(9-11-15)18(23)21(2)16-6-4-3-5-7-16/h8-11,16,19H,3-7,12-13H2,1-2H3,(H,20,22). The van der Waals surface area contributed by atoms with Crippen molar-refractivity contribution in [2.24, 2.45) is 0 Å². The first-order valence-corrected chi connectivity index (χ1v) is 8.43. The molecule has 0 radical (unpaired) electrons. The summed E-state index contributed by atoms with van der Waals surface area (Å²) in [5, 5.41) is 5.77. The molecule has 1 saturated carbocycles. The lowest BCUT2D eigenvalue weighted by Crippen LogP contribution is -2.38. The second kappa shape index (κ2) is 8.67. The molecule has 1 aliphatic rings. The number of rotatable bonds is 6. The van der Waals surface area contributed by atoms with Crippen LogP contribution in [0.4, 0.5) is 5.69 Å². The van der Waals surface area contributed by atoms with Gasteiger partial charge in [-0.05, 0) is 44.2 Å². The summed E-state index contributed by atoms with van der Waals surface area (Å²) in [5.41, 5.74) is 1.40. The fourth-order valence-corrected chi connectivity index (χ4v) is 3.00. The van der Waals surface area contributed by atoms with E-state index >= 15 is 0 Å². The SMILES string of the molecule is CNCCC(=O)Nc1ccc(C(=O)N(C)C2CCCCC2)cc1. The highest BCUT2D eigenvalue weighted by Crippen LogP contribution is 2.23. The lowest BCUT2D eigenvalue weighted by Gasteiger charge is -2.31. The maximum absolute atomic E-state index is 12.5. The van der Waals surface area contributed by atoms with Gasteiger partial charge in [0.25, 0.3) is 5.91 Å². The van der Waals surface area contributed by atoms with E-state index in [0.717, 1.165) is 18.5 Å². The van der Waals surface area contributed by atoms with Crippen LogP contribution in [0.1, 0.15) is 48.9 Å². The summed E-state index contributed by atoms with van der Waals surface area (Å²) in [5.74, 6) is 0.0303. The Hall–Kier alpha value is -1.88. The molecule has 0 unspecified atom stereocenters. The average molecular weight is 317 g/mol. The van der Waals surface area contributed by atoms with Crippen molar-refractivity contribution in [3.63, 3.8) is 0 Å². The Labute approximate surface area is 138 Å². The number of anilines is 1. The van der Waals surface area contributed by atoms with E-state index in [0.29, 0.717) is 24.6 Å². The lowest BCUT2D eigenvalue weighted by molar-refractivity contribution is -0.116. The summed E-state index contributed by atoms with van der Waals surface area (Å²) < 4.78 is 0. The van der Waals surface area contributed by atoms with Crippen molar-refractivity contribution >= 4 is 17.5 Å². The van der Waals surface area contributed by atoms with Crippen LogP contribution >= 0.6 is 0 Å². The largest absolute Gasteiger partial charge is 0.339 e. The highest BCUT2D eigenvalue weighted by Gasteiger charge is 2.22. The van der Waals surface area contributed by atoms with E-state index < -0.39 is 0 Å². The third-order valence-electron chi connectivity index (χ3n) is 4.46. The van der Waals surface area contributed by atoms with Crippen molar-refractivity contribution in [3.8, 4) is 0 Å². The summed E-state index contributed by atoms with van der Waals surface area (Å²) >= 11 is 0. The van der Waals surface area contributed by atoms with Gasteiger partial charge in [0.2, 0.25) is 5.91 Å². The number of nitrogens with one attached hydrogen (secondary N) is 2. The fraction of sp³-hybridized carbons (Fsp3) is 0.556. The topological polar surface area (TPSA) is 61.4 Å². The van der Waals surface area contributed by atoms with Gasteiger partial charge in [-0.1, -0.05) is 19.3 Å². The molecule has 2 N–H and O–H groups in total. The van der Waals surface area contributed by atoms with E-state index in [1.807, 2.05) is 19.0 Å². The van der Waals surface area contributed by atoms with Crippen LogP contribution in [0.5, 0.6) is 0 Å². The second-order valence-corrected chi connectivity index (χ2v) is 6.19. The molecular weight excluding hydrogens is 290 g/mol. The van der Waals surface area contributed by atoms with Crippen LogP contribution in [-0.4, -0.2) is 43.4 Å². The number of benzene rings is 1. The quantitative estimate of drug-likeness (QED) is 0.848. The zero-order valence-corrected chi connectivity index (χ0v) is 14.1. The number of nitrogens with zero attached hydrogens (tertiary/aromatic N) is 1. The van der Waals surface area contributed by atoms with E-state index in [2.05, 4.69) is 10.6 Å². The van der Waals surface area contributed by atoms with Crippen LogP contribution < -0.4 is 10.6 Å². The van der Waals surface area contributed by atoms with Crippen LogP contribution in [0, 0.1) is 0 Å². The first-order valence-electron chi connectivity index (χ1n) is 8.43. The normalized spacial score (nSPS) is 15.2. The van der Waals surface area contributed by atoms with Gasteiger partial charge in [0.15, 0.2) is 0 Å². The summed E-state index contributed by atoms with van der Waals surface area (Å²) in [6.45, 7) is 0.647. The van der Waals surface area contributed by atoms with Gasteiger partial charge in [-0.15, -0.1) is 0 Å². The maximum Gasteiger partial charge on any atom is 0.253 e. The highest BCUT2D eigenvalue weighted by molar-refractivity contribution is 5.95. The molecule has 5 heteroatoms. The first kappa shape index (κ1) is 17.5. The Morgan fingerprint density at radius 2 is 1.78 bits per heavy atom. The predicted molar refractivity (Wildman–Crippen MR) is 92.6 cm³/mol. The Bertz CT molecular complexity index is 522. The first-order chi connectivity index (χ1) is 11.1. The van der Waals surface area contributed by atoms with E-state index in [9.17, 15) is 9.59 Å². The van der Waals surface area contributed by atoms with Crippen LogP contribution in [0.2, 0.25) is 0 Å². The average Bonchev–Trinajstić information content (AvgIpc) is 2.60. The van der Waals surface area contributed by atoms with Crippen molar-refractivity contribution in [1.82, 2.24) is 10.2 Å². The zero-order valence-electron chi connectivity index (χ0n) is 14.1. The Kier molecular flexibility index (Phi) is 6.59. The molecule has 0 heterocycles. The zero-order chi connectivity index (χ0) is 16.7. The molecule has 1 aromatic rings. The molecule has 2 rings (SSSR count). The van der Waals surface area contributed by atoms with E-state index in [4.69, 9.17) is 0 Å². The van der Waals surface area contributed by atoms with Gasteiger partial charge in [0, 0.05) is 37.3 Å². The van der Waals surface area contributed by atoms with Gasteiger partial charge in [0.05, 0.1) is 0 Å². The molecule has 1 aliphatic carbocycles. The minimum absolute atomic E-state index is 0.0299. The molecule has 1 aromatic carbocycles. The maximum atomic E-state index is 12.5. The van der Waals surface area contributed by atoms with Gasteiger partial charge >= 0.3 is 0 Å². The predicted octanol–water partition coefficient (Wildman–Crippen LogP) is 2.64. The molecule has 2 amide bonds. The number of carbonyl (C=O) groups excluding carboxylic acids is 2. The van der Waals surface area contributed by atoms with Crippen molar-refractivity contribution in [2.75, 3.05) is 26.0 Å². The second-order valence-electron chi connectivity index (χ2n) is 6.19. The highest BCUT2D eigenvalue weighted by atomic mass is 16.2. The number of carbonyl (C=O) groups is 2. The van der Waals surface area contributed by atoms with Gasteiger partial charge < -0.3 is 15.5 Å². The molecule has 0 aromatic heterocycles. The molecule has 1 fully saturated rings. The smallest absolute Gasteiger partial charge is 0.253 e. The monoisotopic (exact) mass is 317 g/mol. The van der Waals surface area contributed by atoms with Crippen LogP contribution in [0.15, 0.2) is 24.3 Å². The number of hydrogen-bond donors (Lipinski definition) is 2. The molecular formula is C18H27N3O2. The molecule has 0 spiro atoms. The molecule has 126 valence electrons. The number of amides is 2. The molecule has 0 atom stereocenters. The Morgan fingerprint density at radius 1 is 1.13 bits per heavy atom. The third-order valence-corrected chi connectivity index (χ3v) is 4.46. The summed E-state index contributed by atoms with van der Waals surface area (Å²) in [7, 11) is 3.71. The van der Waals surface area contributed by atoms with Crippen molar-refractivity contribution < 1.29 is 9.59 Å². The molecule has 5 nitrogen and oxygen atoms in total. The molecule has 0 aliphatic heterocycles.